The molecule has 30 heavy (non-hydrogen) atoms. The van der Waals surface area contributed by atoms with Gasteiger partial charge < -0.3 is 14.8 Å². The van der Waals surface area contributed by atoms with Gasteiger partial charge in [-0.1, -0.05) is 23.7 Å². The zero-order valence-electron chi connectivity index (χ0n) is 16.1. The SMILES string of the molecule is O=C(CCn1c(=O)[nH]c(=O)c2ccccc21)NCCc1cc(Cl)c2c(c1)OCCO2. The first kappa shape index (κ1) is 20.0. The summed E-state index contributed by atoms with van der Waals surface area (Å²) >= 11 is 6.23. The van der Waals surface area contributed by atoms with Crippen molar-refractivity contribution < 1.29 is 14.3 Å². The van der Waals surface area contributed by atoms with E-state index >= 15 is 0 Å². The fraction of sp³-hybridized carbons (Fsp3) is 0.286. The molecular formula is C21H20ClN3O5. The Labute approximate surface area is 176 Å². The average Bonchev–Trinajstić information content (AvgIpc) is 2.74. The van der Waals surface area contributed by atoms with E-state index in [1.807, 2.05) is 6.07 Å². The molecule has 0 spiro atoms. The van der Waals surface area contributed by atoms with Crippen molar-refractivity contribution in [1.29, 1.82) is 0 Å². The van der Waals surface area contributed by atoms with Gasteiger partial charge in [-0.05, 0) is 36.2 Å². The van der Waals surface area contributed by atoms with Gasteiger partial charge in [0.05, 0.1) is 15.9 Å². The lowest BCUT2D eigenvalue weighted by Crippen LogP contribution is -2.33. The smallest absolute Gasteiger partial charge is 0.328 e. The maximum Gasteiger partial charge on any atom is 0.328 e. The molecule has 3 aromatic rings. The van der Waals surface area contributed by atoms with Crippen LogP contribution in [0.2, 0.25) is 5.02 Å². The van der Waals surface area contributed by atoms with Gasteiger partial charge in [0.1, 0.15) is 13.2 Å². The van der Waals surface area contributed by atoms with Crippen molar-refractivity contribution in [3.05, 3.63) is 67.8 Å². The third-order valence-electron chi connectivity index (χ3n) is 4.86. The lowest BCUT2D eigenvalue weighted by molar-refractivity contribution is -0.121. The van der Waals surface area contributed by atoms with E-state index < -0.39 is 11.2 Å². The molecule has 8 nitrogen and oxygen atoms in total. The molecule has 9 heteroatoms. The summed E-state index contributed by atoms with van der Waals surface area (Å²) in [5, 5.41) is 3.73. The van der Waals surface area contributed by atoms with Crippen molar-refractivity contribution in [2.75, 3.05) is 19.8 Å². The first-order chi connectivity index (χ1) is 14.5. The minimum absolute atomic E-state index is 0.109. The van der Waals surface area contributed by atoms with Crippen molar-refractivity contribution in [3.8, 4) is 11.5 Å². The average molecular weight is 430 g/mol. The van der Waals surface area contributed by atoms with Crippen LogP contribution in [0.1, 0.15) is 12.0 Å². The van der Waals surface area contributed by atoms with E-state index in [2.05, 4.69) is 10.3 Å². The summed E-state index contributed by atoms with van der Waals surface area (Å²) in [6.45, 7) is 1.52. The van der Waals surface area contributed by atoms with Crippen molar-refractivity contribution >= 4 is 28.4 Å². The fourth-order valence-electron chi connectivity index (χ4n) is 3.42. The molecule has 0 atom stereocenters. The molecule has 0 radical (unpaired) electrons. The number of fused-ring (bicyclic) bond motifs is 2. The summed E-state index contributed by atoms with van der Waals surface area (Å²) in [6.07, 6.45) is 0.682. The molecule has 1 aliphatic heterocycles. The van der Waals surface area contributed by atoms with Crippen LogP contribution >= 0.6 is 11.6 Å². The lowest BCUT2D eigenvalue weighted by Gasteiger charge is -2.20. The van der Waals surface area contributed by atoms with E-state index in [9.17, 15) is 14.4 Å². The predicted molar refractivity (Wildman–Crippen MR) is 113 cm³/mol. The Bertz CT molecular complexity index is 1220. The highest BCUT2D eigenvalue weighted by Crippen LogP contribution is 2.38. The molecule has 1 amide bonds. The zero-order valence-corrected chi connectivity index (χ0v) is 16.8. The number of H-pyrrole nitrogens is 1. The number of nitrogens with one attached hydrogen (secondary N) is 2. The zero-order chi connectivity index (χ0) is 21.1. The van der Waals surface area contributed by atoms with Crippen LogP contribution in [0, 0.1) is 0 Å². The normalized spacial score (nSPS) is 12.7. The standard InChI is InChI=1S/C21H20ClN3O5/c22-15-11-13(12-17-19(15)30-10-9-29-17)5-7-23-18(26)6-8-25-16-4-2-1-3-14(16)20(27)24-21(25)28/h1-4,11-12H,5-10H2,(H,23,26)(H,24,27,28). The van der Waals surface area contributed by atoms with Crippen molar-refractivity contribution in [3.63, 3.8) is 0 Å². The van der Waals surface area contributed by atoms with Gasteiger partial charge in [-0.3, -0.25) is 19.1 Å². The molecule has 0 bridgehead atoms. The molecule has 0 fully saturated rings. The molecule has 1 aromatic heterocycles. The number of aryl methyl sites for hydroxylation is 1. The number of rotatable bonds is 6. The molecule has 0 unspecified atom stereocenters. The van der Waals surface area contributed by atoms with Gasteiger partial charge in [0.15, 0.2) is 11.5 Å². The second-order valence-corrected chi connectivity index (χ2v) is 7.29. The van der Waals surface area contributed by atoms with Crippen molar-refractivity contribution in [2.45, 2.75) is 19.4 Å². The largest absolute Gasteiger partial charge is 0.486 e. The number of hydrogen-bond donors (Lipinski definition) is 2. The monoisotopic (exact) mass is 429 g/mol. The number of nitrogens with zero attached hydrogens (tertiary/aromatic N) is 1. The number of halogens is 1. The number of ether oxygens (including phenoxy) is 2. The van der Waals surface area contributed by atoms with E-state index in [0.29, 0.717) is 53.6 Å². The van der Waals surface area contributed by atoms with Gasteiger partial charge >= 0.3 is 5.69 Å². The van der Waals surface area contributed by atoms with Crippen molar-refractivity contribution in [2.24, 2.45) is 0 Å². The van der Waals surface area contributed by atoms with Crippen LogP contribution in [0.3, 0.4) is 0 Å². The molecule has 0 aliphatic carbocycles. The molecule has 0 saturated heterocycles. The number of aromatic amines is 1. The van der Waals surface area contributed by atoms with E-state index in [-0.39, 0.29) is 18.9 Å². The van der Waals surface area contributed by atoms with Gasteiger partial charge in [0, 0.05) is 19.5 Å². The number of para-hydroxylation sites is 1. The number of carbonyl (C=O) groups excluding carboxylic acids is 1. The van der Waals surface area contributed by atoms with Crippen LogP contribution in [0.4, 0.5) is 0 Å². The van der Waals surface area contributed by atoms with Gasteiger partial charge in [0.2, 0.25) is 5.91 Å². The second-order valence-electron chi connectivity index (χ2n) is 6.88. The van der Waals surface area contributed by atoms with Gasteiger partial charge in [0.25, 0.3) is 5.56 Å². The quantitative estimate of drug-likeness (QED) is 0.622. The van der Waals surface area contributed by atoms with Gasteiger partial charge in [-0.2, -0.15) is 0 Å². The molecule has 2 aromatic carbocycles. The topological polar surface area (TPSA) is 102 Å². The minimum atomic E-state index is -0.530. The molecule has 2 N–H and O–H groups in total. The predicted octanol–water partition coefficient (Wildman–Crippen LogP) is 1.86. The lowest BCUT2D eigenvalue weighted by atomic mass is 10.1. The molecule has 156 valence electrons. The molecule has 2 heterocycles. The second kappa shape index (κ2) is 8.62. The molecule has 4 rings (SSSR count). The summed E-state index contributed by atoms with van der Waals surface area (Å²) in [5.41, 5.74) is 0.462. The molecule has 1 aliphatic rings. The summed E-state index contributed by atoms with van der Waals surface area (Å²) in [6, 6.07) is 10.5. The van der Waals surface area contributed by atoms with E-state index in [0.717, 1.165) is 5.56 Å². The first-order valence-corrected chi connectivity index (χ1v) is 9.97. The minimum Gasteiger partial charge on any atom is -0.486 e. The van der Waals surface area contributed by atoms with Crippen LogP contribution in [-0.4, -0.2) is 35.2 Å². The molecular weight excluding hydrogens is 410 g/mol. The summed E-state index contributed by atoms with van der Waals surface area (Å²) in [7, 11) is 0. The first-order valence-electron chi connectivity index (χ1n) is 9.59. The van der Waals surface area contributed by atoms with E-state index in [4.69, 9.17) is 21.1 Å². The third-order valence-corrected chi connectivity index (χ3v) is 5.14. The van der Waals surface area contributed by atoms with Gasteiger partial charge in [-0.15, -0.1) is 0 Å². The van der Waals surface area contributed by atoms with E-state index in [1.54, 1.807) is 30.3 Å². The Morgan fingerprint density at radius 1 is 1.17 bits per heavy atom. The summed E-state index contributed by atoms with van der Waals surface area (Å²) in [4.78, 5) is 38.6. The Hall–Kier alpha value is -3.26. The van der Waals surface area contributed by atoms with Crippen LogP contribution in [0.25, 0.3) is 10.9 Å². The highest BCUT2D eigenvalue weighted by atomic mass is 35.5. The number of aromatic nitrogens is 2. The molecule has 0 saturated carbocycles. The maximum atomic E-state index is 12.3. The van der Waals surface area contributed by atoms with Crippen LogP contribution in [-0.2, 0) is 17.8 Å². The highest BCUT2D eigenvalue weighted by Gasteiger charge is 2.16. The Morgan fingerprint density at radius 3 is 2.83 bits per heavy atom. The number of carbonyl (C=O) groups is 1. The Balaban J connectivity index is 1.35. The third kappa shape index (κ3) is 4.18. The van der Waals surface area contributed by atoms with Crippen LogP contribution in [0.5, 0.6) is 11.5 Å². The van der Waals surface area contributed by atoms with E-state index in [1.165, 1.54) is 4.57 Å². The number of benzene rings is 2. The number of amides is 1. The summed E-state index contributed by atoms with van der Waals surface area (Å²) in [5.74, 6) is 0.967. The highest BCUT2D eigenvalue weighted by molar-refractivity contribution is 6.32. The Morgan fingerprint density at radius 2 is 1.97 bits per heavy atom. The Kier molecular flexibility index (Phi) is 5.76. The fourth-order valence-corrected chi connectivity index (χ4v) is 3.71. The summed E-state index contributed by atoms with van der Waals surface area (Å²) < 4.78 is 12.5. The maximum absolute atomic E-state index is 12.3. The van der Waals surface area contributed by atoms with Crippen molar-refractivity contribution in [1.82, 2.24) is 14.9 Å². The van der Waals surface area contributed by atoms with Crippen LogP contribution in [0.15, 0.2) is 46.0 Å². The number of hydrogen-bond acceptors (Lipinski definition) is 5. The van der Waals surface area contributed by atoms with Gasteiger partial charge in [-0.25, -0.2) is 4.79 Å². The van der Waals surface area contributed by atoms with Crippen LogP contribution < -0.4 is 26.0 Å².